The predicted molar refractivity (Wildman–Crippen MR) is 88.3 cm³/mol. The molecule has 0 aromatic carbocycles. The highest BCUT2D eigenvalue weighted by molar-refractivity contribution is 8.00. The highest BCUT2D eigenvalue weighted by atomic mass is 32.2. The van der Waals surface area contributed by atoms with Crippen LogP contribution in [0.4, 0.5) is 0 Å². The van der Waals surface area contributed by atoms with Crippen molar-refractivity contribution in [1.29, 1.82) is 0 Å². The third-order valence-electron chi connectivity index (χ3n) is 3.75. The molecule has 1 amide bonds. The van der Waals surface area contributed by atoms with Crippen LogP contribution in [0.15, 0.2) is 24.5 Å². The molecule has 1 aliphatic rings. The molecule has 116 valence electrons. The van der Waals surface area contributed by atoms with Gasteiger partial charge in [0.2, 0.25) is 5.91 Å². The molecule has 0 bridgehead atoms. The molecule has 0 unspecified atom stereocenters. The van der Waals surface area contributed by atoms with E-state index in [9.17, 15) is 4.79 Å². The molecule has 1 N–H and O–H groups in total. The predicted octanol–water partition coefficient (Wildman–Crippen LogP) is 2.30. The van der Waals surface area contributed by atoms with E-state index in [-0.39, 0.29) is 11.9 Å². The quantitative estimate of drug-likeness (QED) is 0.876. The highest BCUT2D eigenvalue weighted by Gasteiger charge is 2.20. The van der Waals surface area contributed by atoms with E-state index >= 15 is 0 Å². The van der Waals surface area contributed by atoms with E-state index in [0.717, 1.165) is 18.7 Å². The van der Waals surface area contributed by atoms with Crippen LogP contribution in [0.3, 0.4) is 0 Å². The molecular weight excluding hydrogens is 282 g/mol. The summed E-state index contributed by atoms with van der Waals surface area (Å²) in [5, 5.41) is 3.99. The maximum atomic E-state index is 12.5. The van der Waals surface area contributed by atoms with Crippen LogP contribution in [0.25, 0.3) is 0 Å². The summed E-state index contributed by atoms with van der Waals surface area (Å²) in [6, 6.07) is 4.16. The van der Waals surface area contributed by atoms with Crippen molar-refractivity contribution in [3.8, 4) is 0 Å². The molecule has 21 heavy (non-hydrogen) atoms. The molecule has 1 aromatic rings. The summed E-state index contributed by atoms with van der Waals surface area (Å²) in [5.41, 5.74) is 1.09. The van der Waals surface area contributed by atoms with Gasteiger partial charge in [0.25, 0.3) is 0 Å². The Kier molecular flexibility index (Phi) is 6.51. The van der Waals surface area contributed by atoms with E-state index in [1.807, 2.05) is 35.0 Å². The number of carbonyl (C=O) groups is 1. The lowest BCUT2D eigenvalue weighted by Gasteiger charge is -2.28. The van der Waals surface area contributed by atoms with Crippen molar-refractivity contribution < 1.29 is 4.79 Å². The molecule has 0 aliphatic carbocycles. The van der Waals surface area contributed by atoms with Crippen LogP contribution in [-0.2, 0) is 11.3 Å². The molecule has 1 fully saturated rings. The van der Waals surface area contributed by atoms with Gasteiger partial charge in [0.1, 0.15) is 0 Å². The molecule has 1 saturated heterocycles. The SMILES string of the molecule is CC(C)N(Cc1cccnc1)C(=O)CSC1CCNCC1. The van der Waals surface area contributed by atoms with Crippen LogP contribution >= 0.6 is 11.8 Å². The molecular formula is C16H25N3OS. The normalized spacial score (nSPS) is 16.1. The zero-order valence-electron chi connectivity index (χ0n) is 12.9. The van der Waals surface area contributed by atoms with Crippen LogP contribution in [-0.4, -0.2) is 45.9 Å². The lowest BCUT2D eigenvalue weighted by molar-refractivity contribution is -0.130. The van der Waals surface area contributed by atoms with Crippen molar-refractivity contribution in [3.05, 3.63) is 30.1 Å². The Labute approximate surface area is 131 Å². The second-order valence-electron chi connectivity index (χ2n) is 5.74. The van der Waals surface area contributed by atoms with Gasteiger partial charge in [0.15, 0.2) is 0 Å². The number of aromatic nitrogens is 1. The Bertz CT molecular complexity index is 432. The fourth-order valence-electron chi connectivity index (χ4n) is 2.48. The minimum absolute atomic E-state index is 0.214. The van der Waals surface area contributed by atoms with Gasteiger partial charge < -0.3 is 10.2 Å². The largest absolute Gasteiger partial charge is 0.335 e. The second kappa shape index (κ2) is 8.39. The molecule has 2 rings (SSSR count). The zero-order valence-corrected chi connectivity index (χ0v) is 13.7. The van der Waals surface area contributed by atoms with Crippen LogP contribution in [0.2, 0.25) is 0 Å². The molecule has 0 atom stereocenters. The summed E-state index contributed by atoms with van der Waals surface area (Å²) in [6.45, 7) is 6.95. The van der Waals surface area contributed by atoms with Crippen molar-refractivity contribution in [1.82, 2.24) is 15.2 Å². The summed E-state index contributed by atoms with van der Waals surface area (Å²) in [5.74, 6) is 0.820. The number of carbonyl (C=O) groups excluding carboxylic acids is 1. The van der Waals surface area contributed by atoms with Crippen molar-refractivity contribution >= 4 is 17.7 Å². The molecule has 4 nitrogen and oxygen atoms in total. The summed E-state index contributed by atoms with van der Waals surface area (Å²) in [6.07, 6.45) is 5.94. The van der Waals surface area contributed by atoms with Gasteiger partial charge in [-0.15, -0.1) is 11.8 Å². The maximum Gasteiger partial charge on any atom is 0.233 e. The van der Waals surface area contributed by atoms with Crippen LogP contribution in [0.1, 0.15) is 32.3 Å². The molecule has 1 aromatic heterocycles. The standard InChI is InChI=1S/C16H25N3OS/c1-13(2)19(11-14-4-3-7-18-10-14)16(20)12-21-15-5-8-17-9-6-15/h3-4,7,10,13,15,17H,5-6,8-9,11-12H2,1-2H3. The lowest BCUT2D eigenvalue weighted by Crippen LogP contribution is -2.38. The van der Waals surface area contributed by atoms with Gasteiger partial charge in [-0.05, 0) is 51.4 Å². The first-order valence-electron chi connectivity index (χ1n) is 7.67. The highest BCUT2D eigenvalue weighted by Crippen LogP contribution is 2.21. The van der Waals surface area contributed by atoms with Crippen LogP contribution in [0.5, 0.6) is 0 Å². The Balaban J connectivity index is 1.86. The number of hydrogen-bond acceptors (Lipinski definition) is 4. The van der Waals surface area contributed by atoms with Gasteiger partial charge in [0, 0.05) is 30.2 Å². The average Bonchev–Trinajstić information content (AvgIpc) is 2.52. The Morgan fingerprint density at radius 1 is 1.48 bits per heavy atom. The van der Waals surface area contributed by atoms with E-state index in [1.165, 1.54) is 12.8 Å². The van der Waals surface area contributed by atoms with Crippen LogP contribution < -0.4 is 5.32 Å². The van der Waals surface area contributed by atoms with E-state index in [2.05, 4.69) is 24.1 Å². The number of rotatable bonds is 6. The summed E-state index contributed by atoms with van der Waals surface area (Å²) >= 11 is 1.81. The lowest BCUT2D eigenvalue weighted by atomic mass is 10.2. The Hall–Kier alpha value is -1.07. The minimum atomic E-state index is 0.214. The van der Waals surface area contributed by atoms with Gasteiger partial charge in [-0.2, -0.15) is 0 Å². The second-order valence-corrected chi connectivity index (χ2v) is 7.03. The van der Waals surface area contributed by atoms with E-state index in [1.54, 1.807) is 6.20 Å². The topological polar surface area (TPSA) is 45.2 Å². The van der Waals surface area contributed by atoms with E-state index < -0.39 is 0 Å². The van der Waals surface area contributed by atoms with Crippen molar-refractivity contribution in [3.63, 3.8) is 0 Å². The van der Waals surface area contributed by atoms with Crippen LogP contribution in [0, 0.1) is 0 Å². The maximum absolute atomic E-state index is 12.5. The van der Waals surface area contributed by atoms with E-state index in [0.29, 0.717) is 17.5 Å². The minimum Gasteiger partial charge on any atom is -0.335 e. The van der Waals surface area contributed by atoms with Gasteiger partial charge in [-0.1, -0.05) is 6.07 Å². The first kappa shape index (κ1) is 16.3. The fraction of sp³-hybridized carbons (Fsp3) is 0.625. The van der Waals surface area contributed by atoms with Gasteiger partial charge in [0.05, 0.1) is 5.75 Å². The van der Waals surface area contributed by atoms with Crippen molar-refractivity contribution in [2.45, 2.75) is 44.5 Å². The van der Waals surface area contributed by atoms with Gasteiger partial charge >= 0.3 is 0 Å². The molecule has 2 heterocycles. The zero-order chi connectivity index (χ0) is 15.1. The molecule has 0 radical (unpaired) electrons. The first-order chi connectivity index (χ1) is 10.2. The molecule has 0 spiro atoms. The number of nitrogens with zero attached hydrogens (tertiary/aromatic N) is 2. The smallest absolute Gasteiger partial charge is 0.233 e. The summed E-state index contributed by atoms with van der Waals surface area (Å²) in [7, 11) is 0. The first-order valence-corrected chi connectivity index (χ1v) is 8.72. The average molecular weight is 307 g/mol. The molecule has 5 heteroatoms. The number of piperidine rings is 1. The van der Waals surface area contributed by atoms with Crippen molar-refractivity contribution in [2.24, 2.45) is 0 Å². The fourth-order valence-corrected chi connectivity index (χ4v) is 3.59. The van der Waals surface area contributed by atoms with Gasteiger partial charge in [-0.3, -0.25) is 9.78 Å². The molecule has 0 saturated carbocycles. The molecule has 1 aliphatic heterocycles. The Morgan fingerprint density at radius 2 is 2.24 bits per heavy atom. The Morgan fingerprint density at radius 3 is 2.86 bits per heavy atom. The van der Waals surface area contributed by atoms with Crippen molar-refractivity contribution in [2.75, 3.05) is 18.8 Å². The summed E-state index contributed by atoms with van der Waals surface area (Å²) < 4.78 is 0. The number of nitrogens with one attached hydrogen (secondary N) is 1. The number of amides is 1. The van der Waals surface area contributed by atoms with Gasteiger partial charge in [-0.25, -0.2) is 0 Å². The monoisotopic (exact) mass is 307 g/mol. The number of hydrogen-bond donors (Lipinski definition) is 1. The third kappa shape index (κ3) is 5.32. The van der Waals surface area contributed by atoms with E-state index in [4.69, 9.17) is 0 Å². The summed E-state index contributed by atoms with van der Waals surface area (Å²) in [4.78, 5) is 18.6. The third-order valence-corrected chi connectivity index (χ3v) is 5.10. The number of pyridine rings is 1. The number of thioether (sulfide) groups is 1.